The average Bonchev–Trinajstić information content (AvgIpc) is 2.63. The molecule has 9 heteroatoms. The first-order valence-corrected chi connectivity index (χ1v) is 7.53. The largest absolute Gasteiger partial charge is 0.399 e. The predicted octanol–water partition coefficient (Wildman–Crippen LogP) is 1.27. The van der Waals surface area contributed by atoms with Crippen LogP contribution in [-0.4, -0.2) is 23.4 Å². The second-order valence-corrected chi connectivity index (χ2v) is 6.34. The topological polar surface area (TPSA) is 103 Å². The molecule has 0 aliphatic heterocycles. The summed E-state index contributed by atoms with van der Waals surface area (Å²) < 4.78 is 28.4. The summed E-state index contributed by atoms with van der Waals surface area (Å²) in [7, 11) is -2.26. The molecule has 0 bridgehead atoms. The number of benzene rings is 1. The Kier molecular flexibility index (Phi) is 3.50. The van der Waals surface area contributed by atoms with E-state index in [0.717, 1.165) is 5.56 Å². The first kappa shape index (κ1) is 13.8. The van der Waals surface area contributed by atoms with Crippen LogP contribution in [0.15, 0.2) is 27.8 Å². The standard InChI is InChI=1S/C10H12BrN5O2S/c1-6-5-7(12)3-4-8(6)14-19(17,18)10-9(11)13-15-16(10)2/h3-5,14H,12H2,1-2H3. The molecule has 1 heterocycles. The minimum atomic E-state index is -3.77. The van der Waals surface area contributed by atoms with E-state index in [2.05, 4.69) is 31.0 Å². The van der Waals surface area contributed by atoms with Crippen LogP contribution in [0.2, 0.25) is 0 Å². The highest BCUT2D eigenvalue weighted by Crippen LogP contribution is 2.24. The van der Waals surface area contributed by atoms with Gasteiger partial charge in [-0.2, -0.15) is 8.42 Å². The fourth-order valence-corrected chi connectivity index (χ4v) is 3.83. The highest BCUT2D eigenvalue weighted by Gasteiger charge is 2.24. The van der Waals surface area contributed by atoms with Crippen molar-refractivity contribution in [3.05, 3.63) is 28.4 Å². The van der Waals surface area contributed by atoms with Crippen LogP contribution in [0.25, 0.3) is 0 Å². The van der Waals surface area contributed by atoms with Crippen LogP contribution in [0, 0.1) is 6.92 Å². The molecule has 0 atom stereocenters. The molecule has 0 unspecified atom stereocenters. The maximum Gasteiger partial charge on any atom is 0.281 e. The molecule has 2 rings (SSSR count). The molecule has 0 aliphatic carbocycles. The number of aromatic nitrogens is 3. The van der Waals surface area contributed by atoms with Crippen molar-refractivity contribution in [2.75, 3.05) is 10.5 Å². The number of nitrogens with one attached hydrogen (secondary N) is 1. The van der Waals surface area contributed by atoms with Gasteiger partial charge in [0, 0.05) is 12.7 Å². The minimum absolute atomic E-state index is 0.0382. The number of nitrogen functional groups attached to an aromatic ring is 1. The number of sulfonamides is 1. The van der Waals surface area contributed by atoms with E-state index in [1.165, 1.54) is 11.7 Å². The van der Waals surface area contributed by atoms with Crippen LogP contribution in [0.3, 0.4) is 0 Å². The first-order valence-electron chi connectivity index (χ1n) is 5.25. The van der Waals surface area contributed by atoms with Gasteiger partial charge in [0.05, 0.1) is 5.69 Å². The van der Waals surface area contributed by atoms with E-state index >= 15 is 0 Å². The fourth-order valence-electron chi connectivity index (χ4n) is 1.60. The number of aryl methyl sites for hydroxylation is 2. The summed E-state index contributed by atoms with van der Waals surface area (Å²) in [6, 6.07) is 4.93. The van der Waals surface area contributed by atoms with E-state index in [0.29, 0.717) is 11.4 Å². The van der Waals surface area contributed by atoms with Crippen molar-refractivity contribution in [2.45, 2.75) is 11.9 Å². The summed E-state index contributed by atoms with van der Waals surface area (Å²) in [4.78, 5) is 0. The van der Waals surface area contributed by atoms with E-state index in [1.54, 1.807) is 25.1 Å². The second-order valence-electron chi connectivity index (χ2n) is 3.99. The van der Waals surface area contributed by atoms with Crippen molar-refractivity contribution in [1.82, 2.24) is 15.0 Å². The number of rotatable bonds is 3. The average molecular weight is 346 g/mol. The molecule has 1 aromatic heterocycles. The lowest BCUT2D eigenvalue weighted by atomic mass is 10.2. The summed E-state index contributed by atoms with van der Waals surface area (Å²) >= 11 is 3.06. The van der Waals surface area contributed by atoms with Gasteiger partial charge < -0.3 is 5.73 Å². The molecule has 102 valence electrons. The van der Waals surface area contributed by atoms with E-state index in [1.807, 2.05) is 0 Å². The molecule has 0 aliphatic rings. The Morgan fingerprint density at radius 1 is 1.42 bits per heavy atom. The van der Waals surface area contributed by atoms with Crippen LogP contribution >= 0.6 is 15.9 Å². The van der Waals surface area contributed by atoms with Gasteiger partial charge >= 0.3 is 0 Å². The summed E-state index contributed by atoms with van der Waals surface area (Å²) in [5, 5.41) is 7.25. The Balaban J connectivity index is 2.42. The van der Waals surface area contributed by atoms with Crippen LogP contribution < -0.4 is 10.5 Å². The molecule has 0 spiro atoms. The van der Waals surface area contributed by atoms with Crippen molar-refractivity contribution in [3.8, 4) is 0 Å². The number of anilines is 2. The van der Waals surface area contributed by atoms with Crippen molar-refractivity contribution in [1.29, 1.82) is 0 Å². The summed E-state index contributed by atoms with van der Waals surface area (Å²) in [6.07, 6.45) is 0. The van der Waals surface area contributed by atoms with Gasteiger partial charge in [0.1, 0.15) is 0 Å². The fraction of sp³-hybridized carbons (Fsp3) is 0.200. The Bertz CT molecular complexity index is 706. The predicted molar refractivity (Wildman–Crippen MR) is 75.1 cm³/mol. The zero-order valence-corrected chi connectivity index (χ0v) is 12.7. The monoisotopic (exact) mass is 345 g/mol. The molecule has 0 saturated heterocycles. The summed E-state index contributed by atoms with van der Waals surface area (Å²) in [5.74, 6) is 0. The Hall–Kier alpha value is -1.61. The van der Waals surface area contributed by atoms with Gasteiger partial charge in [-0.15, -0.1) is 5.10 Å². The van der Waals surface area contributed by atoms with Crippen LogP contribution in [0.1, 0.15) is 5.56 Å². The maximum atomic E-state index is 12.3. The van der Waals surface area contributed by atoms with E-state index < -0.39 is 10.0 Å². The molecule has 0 saturated carbocycles. The van der Waals surface area contributed by atoms with Gasteiger partial charge in [-0.05, 0) is 46.6 Å². The molecular formula is C10H12BrN5O2S. The molecule has 7 nitrogen and oxygen atoms in total. The van der Waals surface area contributed by atoms with E-state index in [-0.39, 0.29) is 9.63 Å². The third-order valence-electron chi connectivity index (χ3n) is 2.49. The summed E-state index contributed by atoms with van der Waals surface area (Å²) in [5.41, 5.74) is 7.39. The minimum Gasteiger partial charge on any atom is -0.399 e. The van der Waals surface area contributed by atoms with Crippen molar-refractivity contribution in [2.24, 2.45) is 7.05 Å². The molecular weight excluding hydrogens is 334 g/mol. The zero-order chi connectivity index (χ0) is 14.2. The molecule has 0 amide bonds. The number of hydrogen-bond donors (Lipinski definition) is 2. The Morgan fingerprint density at radius 2 is 2.11 bits per heavy atom. The highest BCUT2D eigenvalue weighted by atomic mass is 79.9. The lowest BCUT2D eigenvalue weighted by Crippen LogP contribution is -2.17. The van der Waals surface area contributed by atoms with Gasteiger partial charge in [-0.3, -0.25) is 4.72 Å². The molecule has 0 fully saturated rings. The lowest BCUT2D eigenvalue weighted by Gasteiger charge is -2.10. The molecule has 1 aromatic carbocycles. The van der Waals surface area contributed by atoms with Gasteiger partial charge in [0.25, 0.3) is 10.0 Å². The van der Waals surface area contributed by atoms with Gasteiger partial charge in [-0.1, -0.05) is 5.21 Å². The smallest absolute Gasteiger partial charge is 0.281 e. The van der Waals surface area contributed by atoms with Crippen LogP contribution in [0.4, 0.5) is 11.4 Å². The normalized spacial score (nSPS) is 11.5. The first-order chi connectivity index (χ1) is 8.81. The maximum absolute atomic E-state index is 12.3. The SMILES string of the molecule is Cc1cc(N)ccc1NS(=O)(=O)c1c(Br)nnn1C. The highest BCUT2D eigenvalue weighted by molar-refractivity contribution is 9.10. The van der Waals surface area contributed by atoms with Gasteiger partial charge in [0.2, 0.25) is 5.03 Å². The molecule has 3 N–H and O–H groups in total. The second kappa shape index (κ2) is 4.82. The quantitative estimate of drug-likeness (QED) is 0.815. The molecule has 2 aromatic rings. The van der Waals surface area contributed by atoms with E-state index in [4.69, 9.17) is 5.73 Å². The zero-order valence-electron chi connectivity index (χ0n) is 10.3. The molecule has 0 radical (unpaired) electrons. The van der Waals surface area contributed by atoms with Crippen molar-refractivity contribution < 1.29 is 8.42 Å². The van der Waals surface area contributed by atoms with Crippen LogP contribution in [-0.2, 0) is 17.1 Å². The summed E-state index contributed by atoms with van der Waals surface area (Å²) in [6.45, 7) is 1.77. The van der Waals surface area contributed by atoms with E-state index in [9.17, 15) is 8.42 Å². The third kappa shape index (κ3) is 2.71. The third-order valence-corrected chi connectivity index (χ3v) is 4.74. The Morgan fingerprint density at radius 3 is 2.63 bits per heavy atom. The van der Waals surface area contributed by atoms with Crippen molar-refractivity contribution >= 4 is 37.3 Å². The van der Waals surface area contributed by atoms with Crippen LogP contribution in [0.5, 0.6) is 0 Å². The Labute approximate surface area is 119 Å². The number of halogens is 1. The number of hydrogen-bond acceptors (Lipinski definition) is 5. The number of nitrogens with zero attached hydrogens (tertiary/aromatic N) is 3. The number of nitrogens with two attached hydrogens (primary N) is 1. The lowest BCUT2D eigenvalue weighted by molar-refractivity contribution is 0.578. The van der Waals surface area contributed by atoms with Gasteiger partial charge in [0.15, 0.2) is 4.60 Å². The van der Waals surface area contributed by atoms with Crippen molar-refractivity contribution in [3.63, 3.8) is 0 Å². The van der Waals surface area contributed by atoms with Gasteiger partial charge in [-0.25, -0.2) is 4.68 Å². The molecule has 19 heavy (non-hydrogen) atoms.